The summed E-state index contributed by atoms with van der Waals surface area (Å²) >= 11 is 0. The van der Waals surface area contributed by atoms with Crippen molar-refractivity contribution in [1.82, 2.24) is 9.13 Å². The third-order valence-corrected chi connectivity index (χ3v) is 5.78. The lowest BCUT2D eigenvalue weighted by Gasteiger charge is -2.24. The maximum absolute atomic E-state index is 14.3. The molecule has 2 heterocycles. The maximum atomic E-state index is 14.3. The molecule has 0 bridgehead atoms. The third-order valence-electron chi connectivity index (χ3n) is 5.78. The van der Waals surface area contributed by atoms with E-state index in [-0.39, 0.29) is 18.7 Å². The third kappa shape index (κ3) is 4.01. The summed E-state index contributed by atoms with van der Waals surface area (Å²) in [5.74, 6) is -1.50. The van der Waals surface area contributed by atoms with Gasteiger partial charge in [0.1, 0.15) is 17.3 Å². The molecule has 2 aromatic carbocycles. The van der Waals surface area contributed by atoms with Crippen molar-refractivity contribution in [1.29, 1.82) is 0 Å². The predicted octanol–water partition coefficient (Wildman–Crippen LogP) is 2.72. The van der Waals surface area contributed by atoms with Crippen LogP contribution in [0.15, 0.2) is 70.3 Å². The zero-order valence-corrected chi connectivity index (χ0v) is 17.7. The minimum Gasteiger partial charge on any atom is -0.358 e. The molecule has 0 saturated carbocycles. The first-order chi connectivity index (χ1) is 15.4. The Labute approximate surface area is 183 Å². The van der Waals surface area contributed by atoms with Gasteiger partial charge < -0.3 is 10.6 Å². The molecule has 2 N–H and O–H groups in total. The molecule has 6 nitrogen and oxygen atoms in total. The van der Waals surface area contributed by atoms with Gasteiger partial charge in [0, 0.05) is 30.4 Å². The number of hydrogen-bond acceptors (Lipinski definition) is 4. The second-order valence-electron chi connectivity index (χ2n) is 7.81. The Kier molecular flexibility index (Phi) is 6.05. The highest BCUT2D eigenvalue weighted by molar-refractivity contribution is 5.51. The van der Waals surface area contributed by atoms with Gasteiger partial charge in [-0.2, -0.15) is 0 Å². The van der Waals surface area contributed by atoms with E-state index in [9.17, 15) is 18.4 Å². The van der Waals surface area contributed by atoms with Crippen molar-refractivity contribution in [2.75, 3.05) is 18.0 Å². The van der Waals surface area contributed by atoms with Gasteiger partial charge in [0.25, 0.3) is 5.56 Å². The van der Waals surface area contributed by atoms with Crippen LogP contribution < -0.4 is 21.9 Å². The van der Waals surface area contributed by atoms with Crippen LogP contribution in [0.3, 0.4) is 0 Å². The van der Waals surface area contributed by atoms with Gasteiger partial charge in [0.15, 0.2) is 0 Å². The SMILES string of the molecule is Cc1c(N2CC=CC2)c(=O)n(C[C@@H](N)c2ccccc2)c(=O)n1Cc1c(F)cccc1F. The number of halogens is 2. The quantitative estimate of drug-likeness (QED) is 0.601. The Morgan fingerprint density at radius 1 is 0.938 bits per heavy atom. The normalized spacial score (nSPS) is 14.2. The Morgan fingerprint density at radius 3 is 2.19 bits per heavy atom. The van der Waals surface area contributed by atoms with Gasteiger partial charge in [-0.15, -0.1) is 0 Å². The van der Waals surface area contributed by atoms with Gasteiger partial charge in [-0.25, -0.2) is 13.6 Å². The average Bonchev–Trinajstić information content (AvgIpc) is 3.31. The van der Waals surface area contributed by atoms with E-state index < -0.39 is 28.9 Å². The lowest BCUT2D eigenvalue weighted by molar-refractivity contribution is 0.492. The lowest BCUT2D eigenvalue weighted by Crippen LogP contribution is -2.46. The van der Waals surface area contributed by atoms with Crippen molar-refractivity contribution in [3.63, 3.8) is 0 Å². The summed E-state index contributed by atoms with van der Waals surface area (Å²) in [4.78, 5) is 28.6. The van der Waals surface area contributed by atoms with Gasteiger partial charge in [0.05, 0.1) is 13.1 Å². The number of rotatable bonds is 6. The van der Waals surface area contributed by atoms with Crippen LogP contribution in [-0.4, -0.2) is 22.2 Å². The van der Waals surface area contributed by atoms with Crippen molar-refractivity contribution in [3.05, 3.63) is 110 Å². The lowest BCUT2D eigenvalue weighted by atomic mass is 10.1. The van der Waals surface area contributed by atoms with Crippen LogP contribution in [0.1, 0.15) is 22.9 Å². The molecule has 0 unspecified atom stereocenters. The maximum Gasteiger partial charge on any atom is 0.331 e. The summed E-state index contributed by atoms with van der Waals surface area (Å²) in [6.45, 7) is 2.24. The van der Waals surface area contributed by atoms with E-state index in [0.717, 1.165) is 22.3 Å². The molecule has 1 aromatic heterocycles. The first-order valence-corrected chi connectivity index (χ1v) is 10.4. The van der Waals surface area contributed by atoms with E-state index in [1.54, 1.807) is 6.92 Å². The van der Waals surface area contributed by atoms with Crippen molar-refractivity contribution in [2.45, 2.75) is 26.1 Å². The molecule has 4 rings (SSSR count). The fraction of sp³-hybridized carbons (Fsp3) is 0.250. The zero-order valence-electron chi connectivity index (χ0n) is 17.7. The summed E-state index contributed by atoms with van der Waals surface area (Å²) in [6.07, 6.45) is 3.84. The molecule has 0 spiro atoms. The average molecular weight is 438 g/mol. The largest absolute Gasteiger partial charge is 0.358 e. The second-order valence-corrected chi connectivity index (χ2v) is 7.81. The fourth-order valence-electron chi connectivity index (χ4n) is 4.00. The fourth-order valence-corrected chi connectivity index (χ4v) is 4.00. The summed E-state index contributed by atoms with van der Waals surface area (Å²) in [5.41, 5.74) is 6.40. The van der Waals surface area contributed by atoms with Crippen molar-refractivity contribution in [3.8, 4) is 0 Å². The Hall–Kier alpha value is -3.52. The van der Waals surface area contributed by atoms with Gasteiger partial charge in [-0.3, -0.25) is 13.9 Å². The van der Waals surface area contributed by atoms with E-state index >= 15 is 0 Å². The zero-order chi connectivity index (χ0) is 22.8. The highest BCUT2D eigenvalue weighted by atomic mass is 19.1. The standard InChI is InChI=1S/C24H24F2N4O2/c1-16-22(28-12-5-6-13-28)23(31)30(15-21(27)17-8-3-2-4-9-17)24(32)29(16)14-18-19(25)10-7-11-20(18)26/h2-11,21H,12-15,27H2,1H3/t21-/m1/s1. The molecular formula is C24H24F2N4O2. The number of aromatic nitrogens is 2. The van der Waals surface area contributed by atoms with Crippen LogP contribution >= 0.6 is 0 Å². The molecule has 166 valence electrons. The van der Waals surface area contributed by atoms with Crippen LogP contribution in [-0.2, 0) is 13.1 Å². The molecule has 0 fully saturated rings. The molecule has 0 amide bonds. The van der Waals surface area contributed by atoms with Crippen LogP contribution in [0.5, 0.6) is 0 Å². The van der Waals surface area contributed by atoms with Crippen LogP contribution in [0, 0.1) is 18.6 Å². The highest BCUT2D eigenvalue weighted by Gasteiger charge is 2.24. The smallest absolute Gasteiger partial charge is 0.331 e. The monoisotopic (exact) mass is 438 g/mol. The molecule has 32 heavy (non-hydrogen) atoms. The Bertz CT molecular complexity index is 1250. The highest BCUT2D eigenvalue weighted by Crippen LogP contribution is 2.20. The number of nitrogens with zero attached hydrogens (tertiary/aromatic N) is 3. The second kappa shape index (κ2) is 8.92. The molecule has 8 heteroatoms. The molecular weight excluding hydrogens is 414 g/mol. The first-order valence-electron chi connectivity index (χ1n) is 10.4. The van der Waals surface area contributed by atoms with Crippen LogP contribution in [0.4, 0.5) is 14.5 Å². The predicted molar refractivity (Wildman–Crippen MR) is 120 cm³/mol. The van der Waals surface area contributed by atoms with Gasteiger partial charge >= 0.3 is 5.69 Å². The molecule has 0 radical (unpaired) electrons. The molecule has 0 aliphatic carbocycles. The van der Waals surface area contributed by atoms with E-state index in [1.807, 2.05) is 47.4 Å². The van der Waals surface area contributed by atoms with Crippen LogP contribution in [0.25, 0.3) is 0 Å². The van der Waals surface area contributed by atoms with E-state index in [1.165, 1.54) is 10.6 Å². The number of anilines is 1. The van der Waals surface area contributed by atoms with Crippen LogP contribution in [0.2, 0.25) is 0 Å². The molecule has 0 saturated heterocycles. The van der Waals surface area contributed by atoms with Crippen molar-refractivity contribution < 1.29 is 8.78 Å². The van der Waals surface area contributed by atoms with Crippen molar-refractivity contribution >= 4 is 5.69 Å². The van der Waals surface area contributed by atoms with Gasteiger partial charge in [0.2, 0.25) is 0 Å². The molecule has 1 aliphatic heterocycles. The van der Waals surface area contributed by atoms with Gasteiger partial charge in [-0.1, -0.05) is 48.6 Å². The minimum atomic E-state index is -0.751. The van der Waals surface area contributed by atoms with E-state index in [0.29, 0.717) is 24.5 Å². The number of nitrogens with two attached hydrogens (primary N) is 1. The first kappa shape index (κ1) is 21.7. The van der Waals surface area contributed by atoms with Crippen molar-refractivity contribution in [2.24, 2.45) is 5.73 Å². The Balaban J connectivity index is 1.85. The van der Waals surface area contributed by atoms with E-state index in [2.05, 4.69) is 0 Å². The molecule has 1 atom stereocenters. The Morgan fingerprint density at radius 2 is 1.56 bits per heavy atom. The number of hydrogen-bond donors (Lipinski definition) is 1. The molecule has 3 aromatic rings. The summed E-state index contributed by atoms with van der Waals surface area (Å²) < 4.78 is 31.0. The number of benzene rings is 2. The minimum absolute atomic E-state index is 0.0595. The topological polar surface area (TPSA) is 73.3 Å². The summed E-state index contributed by atoms with van der Waals surface area (Å²) in [6, 6.07) is 12.1. The molecule has 1 aliphatic rings. The van der Waals surface area contributed by atoms with Gasteiger partial charge in [-0.05, 0) is 24.6 Å². The summed E-state index contributed by atoms with van der Waals surface area (Å²) in [7, 11) is 0. The van der Waals surface area contributed by atoms with E-state index in [4.69, 9.17) is 5.73 Å². The summed E-state index contributed by atoms with van der Waals surface area (Å²) in [5, 5.41) is 0.